The number of hydrogen-bond acceptors (Lipinski definition) is 7. The molecule has 4 aromatic rings. The summed E-state index contributed by atoms with van der Waals surface area (Å²) < 4.78 is 22.9. The van der Waals surface area contributed by atoms with Gasteiger partial charge in [-0.05, 0) is 37.1 Å². The first-order chi connectivity index (χ1) is 19.7. The molecule has 2 atom stereocenters. The third-order valence-corrected chi connectivity index (χ3v) is 7.39. The van der Waals surface area contributed by atoms with Crippen molar-refractivity contribution < 1.29 is 18.7 Å². The molecule has 2 amide bonds. The SMILES string of the molecule is COC(=O)Nc1ccc(Cl)c(F)c1-c1cc(=O)n([C@H]2CCC[C@@H](C)C(=O)Nc3cnn(C)c3-c3ccnc2c3)cn1. The van der Waals surface area contributed by atoms with Gasteiger partial charge in [-0.2, -0.15) is 5.10 Å². The van der Waals surface area contributed by atoms with E-state index in [1.165, 1.54) is 36.2 Å². The maximum atomic E-state index is 15.2. The normalized spacial score (nSPS) is 17.0. The Labute approximate surface area is 239 Å². The second-order valence-corrected chi connectivity index (χ2v) is 10.2. The number of pyridine rings is 1. The molecule has 0 spiro atoms. The van der Waals surface area contributed by atoms with Crippen molar-refractivity contribution in [3.05, 3.63) is 75.9 Å². The number of methoxy groups -OCH3 is 1. The van der Waals surface area contributed by atoms with Gasteiger partial charge >= 0.3 is 6.09 Å². The predicted octanol–water partition coefficient (Wildman–Crippen LogP) is 5.02. The van der Waals surface area contributed by atoms with E-state index in [1.807, 2.05) is 19.1 Å². The number of amides is 2. The molecule has 2 bridgehead atoms. The highest BCUT2D eigenvalue weighted by Gasteiger charge is 2.25. The van der Waals surface area contributed by atoms with Gasteiger partial charge in [-0.1, -0.05) is 24.9 Å². The van der Waals surface area contributed by atoms with Crippen molar-refractivity contribution in [3.8, 4) is 22.5 Å². The number of nitrogens with zero attached hydrogens (tertiary/aromatic N) is 5. The van der Waals surface area contributed by atoms with Crippen molar-refractivity contribution in [1.82, 2.24) is 24.3 Å². The molecule has 3 aromatic heterocycles. The molecule has 13 heteroatoms. The van der Waals surface area contributed by atoms with E-state index in [2.05, 4.69) is 30.4 Å². The zero-order chi connectivity index (χ0) is 29.3. The first kappa shape index (κ1) is 28.0. The number of carbonyl (C=O) groups is 2. The molecule has 0 aliphatic carbocycles. The van der Waals surface area contributed by atoms with Gasteiger partial charge in [0.15, 0.2) is 5.82 Å². The molecule has 41 heavy (non-hydrogen) atoms. The van der Waals surface area contributed by atoms with Crippen LogP contribution in [0.2, 0.25) is 5.02 Å². The molecule has 0 saturated heterocycles. The Morgan fingerprint density at radius 1 is 1.20 bits per heavy atom. The van der Waals surface area contributed by atoms with Crippen LogP contribution in [0.25, 0.3) is 22.5 Å². The van der Waals surface area contributed by atoms with Crippen molar-refractivity contribution >= 4 is 35.0 Å². The summed E-state index contributed by atoms with van der Waals surface area (Å²) in [6.45, 7) is 1.85. The lowest BCUT2D eigenvalue weighted by Crippen LogP contribution is -2.27. The second kappa shape index (κ2) is 11.5. The third-order valence-electron chi connectivity index (χ3n) is 7.10. The Bertz CT molecular complexity index is 1700. The number of ether oxygens (including phenoxy) is 1. The van der Waals surface area contributed by atoms with Gasteiger partial charge in [0.2, 0.25) is 5.91 Å². The molecule has 5 rings (SSSR count). The molecule has 1 aromatic carbocycles. The summed E-state index contributed by atoms with van der Waals surface area (Å²) in [6.07, 6.45) is 5.45. The Morgan fingerprint density at radius 2 is 2.00 bits per heavy atom. The zero-order valence-corrected chi connectivity index (χ0v) is 23.3. The van der Waals surface area contributed by atoms with E-state index in [4.69, 9.17) is 11.6 Å². The predicted molar refractivity (Wildman–Crippen MR) is 151 cm³/mol. The van der Waals surface area contributed by atoms with Gasteiger partial charge in [0.05, 0.1) is 64.7 Å². The molecule has 4 heterocycles. The van der Waals surface area contributed by atoms with Crippen molar-refractivity contribution in [2.75, 3.05) is 17.7 Å². The first-order valence-corrected chi connectivity index (χ1v) is 13.3. The van der Waals surface area contributed by atoms with E-state index in [0.717, 1.165) is 5.56 Å². The average molecular weight is 580 g/mol. The molecule has 1 aliphatic heterocycles. The summed E-state index contributed by atoms with van der Waals surface area (Å²) in [5.74, 6) is -1.24. The molecule has 11 nitrogen and oxygen atoms in total. The molecular weight excluding hydrogens is 553 g/mol. The van der Waals surface area contributed by atoms with Crippen molar-refractivity contribution in [2.45, 2.75) is 32.2 Å². The topological polar surface area (TPSA) is 133 Å². The minimum atomic E-state index is -0.843. The third kappa shape index (κ3) is 5.55. The molecular formula is C28H27ClFN7O4. The van der Waals surface area contributed by atoms with E-state index in [0.29, 0.717) is 36.3 Å². The maximum Gasteiger partial charge on any atom is 0.411 e. The van der Waals surface area contributed by atoms with Crippen LogP contribution in [0.3, 0.4) is 0 Å². The highest BCUT2D eigenvalue weighted by molar-refractivity contribution is 6.31. The highest BCUT2D eigenvalue weighted by Crippen LogP contribution is 2.35. The summed E-state index contributed by atoms with van der Waals surface area (Å²) in [6, 6.07) is 7.02. The molecule has 0 saturated carbocycles. The zero-order valence-electron chi connectivity index (χ0n) is 22.5. The first-order valence-electron chi connectivity index (χ1n) is 12.9. The molecule has 1 aliphatic rings. The second-order valence-electron chi connectivity index (χ2n) is 9.76. The summed E-state index contributed by atoms with van der Waals surface area (Å²) in [5, 5.41) is 9.52. The lowest BCUT2D eigenvalue weighted by atomic mass is 9.97. The number of rotatable bonds is 3. The summed E-state index contributed by atoms with van der Waals surface area (Å²) in [4.78, 5) is 47.2. The van der Waals surface area contributed by atoms with Crippen LogP contribution in [-0.2, 0) is 16.6 Å². The average Bonchev–Trinajstić information content (AvgIpc) is 3.32. The standard InChI is InChI=1S/C28H27ClFN7O4/c1-15-5-4-6-22(19-11-16(9-10-31-19)26-21(34-27(15)39)13-33-36(26)2)37-14-32-20(12-23(37)38)24-18(35-28(40)41-3)8-7-17(29)25(24)30/h7-15,22H,4-6H2,1-3H3,(H,34,39)(H,35,40)/t15-,22+/m1/s1. The van der Waals surface area contributed by atoms with Gasteiger partial charge in [-0.25, -0.2) is 14.2 Å². The van der Waals surface area contributed by atoms with Crippen LogP contribution in [0.5, 0.6) is 0 Å². The van der Waals surface area contributed by atoms with Crippen molar-refractivity contribution in [2.24, 2.45) is 13.0 Å². The van der Waals surface area contributed by atoms with E-state index in [1.54, 1.807) is 24.1 Å². The fourth-order valence-electron chi connectivity index (χ4n) is 4.93. The minimum Gasteiger partial charge on any atom is -0.453 e. The van der Waals surface area contributed by atoms with Crippen LogP contribution in [0.4, 0.5) is 20.6 Å². The van der Waals surface area contributed by atoms with Gasteiger partial charge in [0.25, 0.3) is 5.56 Å². The molecule has 0 radical (unpaired) electrons. The maximum absolute atomic E-state index is 15.2. The minimum absolute atomic E-state index is 0.0164. The van der Waals surface area contributed by atoms with Gasteiger partial charge in [-0.3, -0.25) is 29.1 Å². The number of nitrogens with one attached hydrogen (secondary N) is 2. The number of aryl methyl sites for hydroxylation is 1. The molecule has 0 unspecified atom stereocenters. The van der Waals surface area contributed by atoms with Crippen LogP contribution < -0.4 is 16.2 Å². The summed E-state index contributed by atoms with van der Waals surface area (Å²) >= 11 is 6.01. The van der Waals surface area contributed by atoms with Crippen LogP contribution >= 0.6 is 11.6 Å². The van der Waals surface area contributed by atoms with E-state index < -0.39 is 23.5 Å². The molecule has 0 fully saturated rings. The van der Waals surface area contributed by atoms with E-state index in [-0.39, 0.29) is 33.8 Å². The quantitative estimate of drug-likeness (QED) is 0.348. The molecule has 212 valence electrons. The fourth-order valence-corrected chi connectivity index (χ4v) is 5.09. The Kier molecular flexibility index (Phi) is 7.84. The van der Waals surface area contributed by atoms with Crippen molar-refractivity contribution in [3.63, 3.8) is 0 Å². The Hall–Kier alpha value is -4.58. The lowest BCUT2D eigenvalue weighted by molar-refractivity contribution is -0.119. The van der Waals surface area contributed by atoms with E-state index in [9.17, 15) is 14.4 Å². The van der Waals surface area contributed by atoms with Crippen LogP contribution in [-0.4, -0.2) is 43.4 Å². The highest BCUT2D eigenvalue weighted by atomic mass is 35.5. The number of carbonyl (C=O) groups excluding carboxylic acids is 2. The Balaban J connectivity index is 1.60. The number of benzene rings is 1. The summed E-state index contributed by atoms with van der Waals surface area (Å²) in [5.41, 5.74) is 2.09. The lowest BCUT2D eigenvalue weighted by Gasteiger charge is -2.22. The number of aromatic nitrogens is 5. The van der Waals surface area contributed by atoms with Gasteiger partial charge in [0, 0.05) is 30.8 Å². The van der Waals surface area contributed by atoms with Crippen molar-refractivity contribution in [1.29, 1.82) is 0 Å². The van der Waals surface area contributed by atoms with Crippen LogP contribution in [0, 0.1) is 11.7 Å². The fraction of sp³-hybridized carbons (Fsp3) is 0.286. The van der Waals surface area contributed by atoms with Crippen LogP contribution in [0.15, 0.2) is 53.8 Å². The smallest absolute Gasteiger partial charge is 0.411 e. The van der Waals surface area contributed by atoms with Gasteiger partial charge in [-0.15, -0.1) is 0 Å². The van der Waals surface area contributed by atoms with Crippen LogP contribution in [0.1, 0.15) is 37.9 Å². The number of hydrogen-bond donors (Lipinski definition) is 2. The largest absolute Gasteiger partial charge is 0.453 e. The number of fused-ring (bicyclic) bond motifs is 4. The summed E-state index contributed by atoms with van der Waals surface area (Å²) in [7, 11) is 2.96. The molecule has 2 N–H and O–H groups in total. The monoisotopic (exact) mass is 579 g/mol. The van der Waals surface area contributed by atoms with E-state index >= 15 is 4.39 Å². The Morgan fingerprint density at radius 3 is 2.76 bits per heavy atom. The van der Waals surface area contributed by atoms with Gasteiger partial charge < -0.3 is 10.1 Å². The van der Waals surface area contributed by atoms with Gasteiger partial charge in [0.1, 0.15) is 0 Å². The number of halogens is 2. The number of anilines is 2.